The van der Waals surface area contributed by atoms with Gasteiger partial charge in [-0.3, -0.25) is 0 Å². The van der Waals surface area contributed by atoms with Crippen LogP contribution in [0, 0.1) is 0 Å². The van der Waals surface area contributed by atoms with Gasteiger partial charge in [-0.05, 0) is 26.3 Å². The Morgan fingerprint density at radius 1 is 1.65 bits per heavy atom. The molecule has 2 heterocycles. The van der Waals surface area contributed by atoms with Gasteiger partial charge < -0.3 is 14.1 Å². The lowest BCUT2D eigenvalue weighted by atomic mass is 9.96. The van der Waals surface area contributed by atoms with Crippen molar-refractivity contribution in [2.75, 3.05) is 13.1 Å². The highest BCUT2D eigenvalue weighted by molar-refractivity contribution is 5.69. The molecule has 8 heteroatoms. The van der Waals surface area contributed by atoms with Gasteiger partial charge in [-0.25, -0.2) is 9.78 Å². The highest BCUT2D eigenvalue weighted by Gasteiger charge is 2.37. The van der Waals surface area contributed by atoms with E-state index in [1.54, 1.807) is 4.90 Å². The first-order valence-electron chi connectivity index (χ1n) is 6.32. The van der Waals surface area contributed by atoms with Gasteiger partial charge in [0.05, 0.1) is 18.2 Å². The van der Waals surface area contributed by atoms with Crippen LogP contribution in [-0.2, 0) is 11.3 Å². The predicted molar refractivity (Wildman–Crippen MR) is 69.9 cm³/mol. The molecule has 1 fully saturated rings. The highest BCUT2D eigenvalue weighted by atomic mass is 16.6. The van der Waals surface area contributed by atoms with Crippen molar-refractivity contribution >= 4 is 6.09 Å². The summed E-state index contributed by atoms with van der Waals surface area (Å²) in [6.45, 7) is 6.69. The lowest BCUT2D eigenvalue weighted by molar-refractivity contribution is 0.00642. The van der Waals surface area contributed by atoms with E-state index in [4.69, 9.17) is 14.7 Å². The molecule has 0 aliphatic carbocycles. The molecular weight excluding hydrogens is 262 g/mol. The van der Waals surface area contributed by atoms with Crippen molar-refractivity contribution < 1.29 is 13.9 Å². The number of nitrogens with zero attached hydrogens (tertiary/aromatic N) is 5. The molecule has 0 bridgehead atoms. The third kappa shape index (κ3) is 3.21. The first-order valence-corrected chi connectivity index (χ1v) is 6.32. The zero-order chi connectivity index (χ0) is 14.8. The number of likely N-dealkylation sites (tertiary alicyclic amines) is 1. The summed E-state index contributed by atoms with van der Waals surface area (Å²) in [4.78, 5) is 20.1. The predicted octanol–water partition coefficient (Wildman–Crippen LogP) is 2.82. The van der Waals surface area contributed by atoms with Gasteiger partial charge in [0.2, 0.25) is 0 Å². The smallest absolute Gasteiger partial charge is 0.410 e. The molecule has 20 heavy (non-hydrogen) atoms. The van der Waals surface area contributed by atoms with Crippen LogP contribution in [0.15, 0.2) is 15.9 Å². The van der Waals surface area contributed by atoms with Gasteiger partial charge in [0.15, 0.2) is 6.39 Å². The maximum Gasteiger partial charge on any atom is 0.410 e. The maximum absolute atomic E-state index is 11.8. The molecule has 0 atom stereocenters. The summed E-state index contributed by atoms with van der Waals surface area (Å²) < 4.78 is 10.6. The molecule has 8 nitrogen and oxygen atoms in total. The molecule has 0 aromatic carbocycles. The molecule has 0 saturated carbocycles. The quantitative estimate of drug-likeness (QED) is 0.482. The minimum atomic E-state index is -0.499. The Labute approximate surface area is 116 Å². The van der Waals surface area contributed by atoms with E-state index < -0.39 is 5.60 Å². The summed E-state index contributed by atoms with van der Waals surface area (Å²) in [5.41, 5.74) is 8.44. The molecule has 0 N–H and O–H groups in total. The Hall–Kier alpha value is -2.21. The summed E-state index contributed by atoms with van der Waals surface area (Å²) in [5, 5.41) is 3.47. The van der Waals surface area contributed by atoms with Crippen LogP contribution >= 0.6 is 0 Å². The van der Waals surface area contributed by atoms with Gasteiger partial charge in [-0.1, -0.05) is 5.11 Å². The van der Waals surface area contributed by atoms with Crippen LogP contribution < -0.4 is 0 Å². The number of rotatable bonds is 3. The van der Waals surface area contributed by atoms with Crippen molar-refractivity contribution in [3.8, 4) is 0 Å². The highest BCUT2D eigenvalue weighted by Crippen LogP contribution is 2.30. The van der Waals surface area contributed by atoms with E-state index in [1.165, 1.54) is 6.39 Å². The minimum absolute atomic E-state index is 0.0777. The molecule has 1 aromatic rings. The Morgan fingerprint density at radius 3 is 2.95 bits per heavy atom. The molecule has 0 radical (unpaired) electrons. The number of amides is 1. The van der Waals surface area contributed by atoms with Crippen LogP contribution in [0.25, 0.3) is 10.4 Å². The monoisotopic (exact) mass is 279 g/mol. The zero-order valence-corrected chi connectivity index (χ0v) is 11.7. The zero-order valence-electron chi connectivity index (χ0n) is 11.7. The van der Waals surface area contributed by atoms with Crippen molar-refractivity contribution in [3.63, 3.8) is 0 Å². The van der Waals surface area contributed by atoms with Crippen LogP contribution in [-0.4, -0.2) is 34.7 Å². The standard InChI is InChI=1S/C12H17N5O3/c1-12(2,3)20-11(18)17-5-8(6-17)10-9(4-15-16-13)14-7-19-10/h7-8H,4-6H2,1-3H3. The SMILES string of the molecule is CC(C)(C)OC(=O)N1CC(c2ocnc2CN=[N+]=[N-])C1. The van der Waals surface area contributed by atoms with Crippen LogP contribution in [0.4, 0.5) is 4.79 Å². The molecule has 1 aliphatic heterocycles. The van der Waals surface area contributed by atoms with Crippen LogP contribution in [0.3, 0.4) is 0 Å². The summed E-state index contributed by atoms with van der Waals surface area (Å²) in [5.74, 6) is 0.756. The Morgan fingerprint density at radius 2 is 2.35 bits per heavy atom. The molecule has 1 amide bonds. The number of carbonyl (C=O) groups is 1. The van der Waals surface area contributed by atoms with Gasteiger partial charge in [0.25, 0.3) is 0 Å². The second-order valence-corrected chi connectivity index (χ2v) is 5.63. The van der Waals surface area contributed by atoms with Gasteiger partial charge in [0, 0.05) is 18.0 Å². The summed E-state index contributed by atoms with van der Waals surface area (Å²) in [7, 11) is 0. The molecular formula is C12H17N5O3. The summed E-state index contributed by atoms with van der Waals surface area (Å²) in [6.07, 6.45) is 0.998. The second-order valence-electron chi connectivity index (χ2n) is 5.63. The van der Waals surface area contributed by atoms with E-state index in [0.717, 1.165) is 0 Å². The third-order valence-corrected chi connectivity index (χ3v) is 2.86. The lowest BCUT2D eigenvalue weighted by Gasteiger charge is -2.38. The fourth-order valence-electron chi connectivity index (χ4n) is 1.95. The Bertz CT molecular complexity index is 536. The molecule has 108 valence electrons. The van der Waals surface area contributed by atoms with Crippen molar-refractivity contribution in [2.24, 2.45) is 5.11 Å². The largest absolute Gasteiger partial charge is 0.448 e. The third-order valence-electron chi connectivity index (χ3n) is 2.86. The van der Waals surface area contributed by atoms with Crippen LogP contribution in [0.2, 0.25) is 0 Å². The number of hydrogen-bond acceptors (Lipinski definition) is 5. The Balaban J connectivity index is 1.92. The molecule has 0 unspecified atom stereocenters. The molecule has 1 saturated heterocycles. The van der Waals surface area contributed by atoms with Gasteiger partial charge in [-0.2, -0.15) is 0 Å². The molecule has 1 aromatic heterocycles. The first kappa shape index (κ1) is 14.2. The maximum atomic E-state index is 11.8. The van der Waals surface area contributed by atoms with E-state index in [2.05, 4.69) is 15.0 Å². The van der Waals surface area contributed by atoms with E-state index in [0.29, 0.717) is 24.5 Å². The van der Waals surface area contributed by atoms with Gasteiger partial charge >= 0.3 is 6.09 Å². The minimum Gasteiger partial charge on any atom is -0.448 e. The van der Waals surface area contributed by atoms with Gasteiger partial charge in [0.1, 0.15) is 11.4 Å². The van der Waals surface area contributed by atoms with Crippen molar-refractivity contribution in [1.29, 1.82) is 0 Å². The van der Waals surface area contributed by atoms with Crippen molar-refractivity contribution in [2.45, 2.75) is 38.8 Å². The lowest BCUT2D eigenvalue weighted by Crippen LogP contribution is -2.50. The normalized spacial score (nSPS) is 15.4. The first-order chi connectivity index (χ1) is 9.40. The molecule has 2 rings (SSSR count). The van der Waals surface area contributed by atoms with E-state index in [9.17, 15) is 4.79 Å². The van der Waals surface area contributed by atoms with E-state index >= 15 is 0 Å². The van der Waals surface area contributed by atoms with Crippen LogP contribution in [0.5, 0.6) is 0 Å². The second kappa shape index (κ2) is 5.42. The summed E-state index contributed by atoms with van der Waals surface area (Å²) in [6, 6.07) is 0. The van der Waals surface area contributed by atoms with E-state index in [1.807, 2.05) is 20.8 Å². The fourth-order valence-corrected chi connectivity index (χ4v) is 1.95. The molecule has 1 aliphatic rings. The van der Waals surface area contributed by atoms with E-state index in [-0.39, 0.29) is 18.6 Å². The Kier molecular flexibility index (Phi) is 3.85. The number of hydrogen-bond donors (Lipinski definition) is 0. The number of oxazole rings is 1. The topological polar surface area (TPSA) is 104 Å². The number of azide groups is 1. The molecule has 0 spiro atoms. The van der Waals surface area contributed by atoms with Crippen LogP contribution in [0.1, 0.15) is 38.1 Å². The van der Waals surface area contributed by atoms with Crippen molar-refractivity contribution in [3.05, 3.63) is 28.3 Å². The average Bonchev–Trinajstić information content (AvgIpc) is 2.70. The summed E-state index contributed by atoms with van der Waals surface area (Å²) >= 11 is 0. The van der Waals surface area contributed by atoms with Gasteiger partial charge in [-0.15, -0.1) is 0 Å². The number of carbonyl (C=O) groups excluding carboxylic acids is 1. The fraction of sp³-hybridized carbons (Fsp3) is 0.667. The number of aromatic nitrogens is 1. The average molecular weight is 279 g/mol. The number of ether oxygens (including phenoxy) is 1. The van der Waals surface area contributed by atoms with Crippen molar-refractivity contribution in [1.82, 2.24) is 9.88 Å².